The summed E-state index contributed by atoms with van der Waals surface area (Å²) in [4.78, 5) is 25.9. The Balaban J connectivity index is 1.84. The molecule has 0 spiro atoms. The largest absolute Gasteiger partial charge is 0.421 e. The van der Waals surface area contributed by atoms with Gasteiger partial charge in [-0.15, -0.1) is 0 Å². The molecule has 2 aromatic rings. The predicted molar refractivity (Wildman–Crippen MR) is 97.7 cm³/mol. The Morgan fingerprint density at radius 1 is 1.15 bits per heavy atom. The van der Waals surface area contributed by atoms with Crippen LogP contribution in [0.4, 0.5) is 18.9 Å². The van der Waals surface area contributed by atoms with Crippen molar-refractivity contribution in [1.29, 1.82) is 0 Å². The fourth-order valence-electron chi connectivity index (χ4n) is 2.69. The average molecular weight is 381 g/mol. The fraction of sp³-hybridized carbons (Fsp3) is 0.368. The quantitative estimate of drug-likeness (QED) is 0.716. The minimum atomic E-state index is -4.74. The Hall–Kier alpha value is -2.77. The summed E-state index contributed by atoms with van der Waals surface area (Å²) in [6.07, 6.45) is -2.89. The van der Waals surface area contributed by atoms with Gasteiger partial charge in [0.05, 0.1) is 0 Å². The van der Waals surface area contributed by atoms with Gasteiger partial charge in [-0.1, -0.05) is 18.2 Å². The van der Waals surface area contributed by atoms with Gasteiger partial charge in [0, 0.05) is 31.5 Å². The van der Waals surface area contributed by atoms with Crippen molar-refractivity contribution in [2.45, 2.75) is 26.1 Å². The van der Waals surface area contributed by atoms with Crippen LogP contribution in [0.1, 0.15) is 18.9 Å². The van der Waals surface area contributed by atoms with Crippen LogP contribution in [0, 0.1) is 0 Å². The van der Waals surface area contributed by atoms with Crippen LogP contribution in [0.2, 0.25) is 0 Å². The molecular weight excluding hydrogens is 359 g/mol. The molecule has 146 valence electrons. The molecule has 1 aromatic heterocycles. The number of benzene rings is 1. The zero-order chi connectivity index (χ0) is 19.9. The number of hydrogen-bond donors (Lipinski definition) is 1. The van der Waals surface area contributed by atoms with Crippen molar-refractivity contribution >= 4 is 11.6 Å². The lowest BCUT2D eigenvalue weighted by atomic mass is 10.2. The first kappa shape index (κ1) is 20.5. The van der Waals surface area contributed by atoms with E-state index in [2.05, 4.69) is 10.2 Å². The lowest BCUT2D eigenvalue weighted by molar-refractivity contribution is -0.139. The van der Waals surface area contributed by atoms with Gasteiger partial charge in [-0.2, -0.15) is 13.2 Å². The first-order chi connectivity index (χ1) is 12.8. The number of carbonyl (C=O) groups is 1. The van der Waals surface area contributed by atoms with E-state index < -0.39 is 29.8 Å². The van der Waals surface area contributed by atoms with Crippen molar-refractivity contribution in [1.82, 2.24) is 9.88 Å². The third-order valence-corrected chi connectivity index (χ3v) is 4.07. The molecule has 0 unspecified atom stereocenters. The van der Waals surface area contributed by atoms with E-state index in [1.54, 1.807) is 0 Å². The van der Waals surface area contributed by atoms with Gasteiger partial charge in [-0.25, -0.2) is 0 Å². The number of nitrogens with one attached hydrogen (secondary N) is 1. The zero-order valence-electron chi connectivity index (χ0n) is 15.0. The Morgan fingerprint density at radius 3 is 2.48 bits per heavy atom. The highest BCUT2D eigenvalue weighted by Gasteiger charge is 2.34. The van der Waals surface area contributed by atoms with Crippen LogP contribution >= 0.6 is 0 Å². The van der Waals surface area contributed by atoms with E-state index in [1.165, 1.54) is 6.20 Å². The molecule has 1 heterocycles. The smallest absolute Gasteiger partial charge is 0.372 e. The van der Waals surface area contributed by atoms with E-state index in [1.807, 2.05) is 37.3 Å². The van der Waals surface area contributed by atoms with Crippen molar-refractivity contribution in [2.24, 2.45) is 0 Å². The highest BCUT2D eigenvalue weighted by molar-refractivity contribution is 5.75. The molecule has 2 rings (SSSR count). The van der Waals surface area contributed by atoms with Gasteiger partial charge in [-0.3, -0.25) is 9.59 Å². The summed E-state index contributed by atoms with van der Waals surface area (Å²) >= 11 is 0. The van der Waals surface area contributed by atoms with E-state index >= 15 is 0 Å². The molecule has 0 aliphatic rings. The molecule has 27 heavy (non-hydrogen) atoms. The van der Waals surface area contributed by atoms with Crippen LogP contribution in [0.25, 0.3) is 0 Å². The van der Waals surface area contributed by atoms with E-state index in [-0.39, 0.29) is 0 Å². The first-order valence-electron chi connectivity index (χ1n) is 8.66. The van der Waals surface area contributed by atoms with Gasteiger partial charge in [0.2, 0.25) is 5.91 Å². The highest BCUT2D eigenvalue weighted by atomic mass is 19.4. The number of nitrogens with zero attached hydrogens (tertiary/aromatic N) is 2. The number of halogens is 3. The van der Waals surface area contributed by atoms with Gasteiger partial charge in [-0.05, 0) is 37.6 Å². The Bertz CT molecular complexity index is 804. The number of aromatic nitrogens is 1. The Labute approximate surface area is 155 Å². The number of rotatable bonds is 8. The van der Waals surface area contributed by atoms with Gasteiger partial charge in [0.1, 0.15) is 12.1 Å². The predicted octanol–water partition coefficient (Wildman–Crippen LogP) is 2.90. The van der Waals surface area contributed by atoms with E-state index in [4.69, 9.17) is 0 Å². The lowest BCUT2D eigenvalue weighted by Gasteiger charge is -2.23. The molecule has 0 saturated heterocycles. The molecule has 0 fully saturated rings. The monoisotopic (exact) mass is 381 g/mol. The SMILES string of the molecule is CCN(CCCNC(=O)Cn1cccc(C(F)(F)F)c1=O)c1ccccc1. The second kappa shape index (κ2) is 9.25. The van der Waals surface area contributed by atoms with E-state index in [9.17, 15) is 22.8 Å². The number of para-hydroxylation sites is 1. The highest BCUT2D eigenvalue weighted by Crippen LogP contribution is 2.25. The molecule has 0 atom stereocenters. The van der Waals surface area contributed by atoms with Crippen molar-refractivity contribution in [3.8, 4) is 0 Å². The maximum absolute atomic E-state index is 12.7. The summed E-state index contributed by atoms with van der Waals surface area (Å²) in [5, 5.41) is 2.64. The standard InChI is InChI=1S/C19H22F3N3O2/c1-2-24(15-8-4-3-5-9-15)13-7-11-23-17(26)14-25-12-6-10-16(18(25)27)19(20,21)22/h3-6,8-10,12H,2,7,11,13-14H2,1H3,(H,23,26). The average Bonchev–Trinajstić information content (AvgIpc) is 2.63. The van der Waals surface area contributed by atoms with Crippen LogP contribution < -0.4 is 15.8 Å². The molecule has 1 N–H and O–H groups in total. The van der Waals surface area contributed by atoms with Gasteiger partial charge in [0.25, 0.3) is 5.56 Å². The number of amides is 1. The van der Waals surface area contributed by atoms with Crippen LogP contribution in [-0.4, -0.2) is 30.1 Å². The number of hydrogen-bond acceptors (Lipinski definition) is 3. The van der Waals surface area contributed by atoms with Crippen molar-refractivity contribution in [3.63, 3.8) is 0 Å². The second-order valence-electron chi connectivity index (χ2n) is 5.97. The molecule has 1 aromatic carbocycles. The maximum atomic E-state index is 12.7. The minimum Gasteiger partial charge on any atom is -0.372 e. The van der Waals surface area contributed by atoms with Crippen LogP contribution in [0.15, 0.2) is 53.5 Å². The number of anilines is 1. The van der Waals surface area contributed by atoms with Gasteiger partial charge >= 0.3 is 6.18 Å². The number of pyridine rings is 1. The molecule has 0 aliphatic heterocycles. The molecule has 0 aliphatic carbocycles. The maximum Gasteiger partial charge on any atom is 0.421 e. The van der Waals surface area contributed by atoms with Gasteiger partial charge < -0.3 is 14.8 Å². The van der Waals surface area contributed by atoms with E-state index in [0.29, 0.717) is 19.0 Å². The summed E-state index contributed by atoms with van der Waals surface area (Å²) in [5.41, 5.74) is -1.41. The molecule has 0 bridgehead atoms. The summed E-state index contributed by atoms with van der Waals surface area (Å²) in [6.45, 7) is 3.50. The Kier molecular flexibility index (Phi) is 7.04. The van der Waals surface area contributed by atoms with Crippen LogP contribution in [-0.2, 0) is 17.5 Å². The first-order valence-corrected chi connectivity index (χ1v) is 8.66. The molecule has 1 amide bonds. The Morgan fingerprint density at radius 2 is 1.85 bits per heavy atom. The van der Waals surface area contributed by atoms with Crippen LogP contribution in [0.3, 0.4) is 0 Å². The molecule has 0 radical (unpaired) electrons. The lowest BCUT2D eigenvalue weighted by Crippen LogP contribution is -2.36. The topological polar surface area (TPSA) is 54.3 Å². The minimum absolute atomic E-state index is 0.371. The summed E-state index contributed by atoms with van der Waals surface area (Å²) in [5.74, 6) is -0.501. The zero-order valence-corrected chi connectivity index (χ0v) is 15.0. The number of alkyl halides is 3. The fourth-order valence-corrected chi connectivity index (χ4v) is 2.69. The summed E-state index contributed by atoms with van der Waals surface area (Å²) in [6, 6.07) is 11.7. The van der Waals surface area contributed by atoms with Gasteiger partial charge in [0.15, 0.2) is 0 Å². The summed E-state index contributed by atoms with van der Waals surface area (Å²) < 4.78 is 39.0. The van der Waals surface area contributed by atoms with Crippen molar-refractivity contribution in [3.05, 3.63) is 64.6 Å². The number of carbonyl (C=O) groups excluding carboxylic acids is 1. The van der Waals surface area contributed by atoms with Crippen LogP contribution in [0.5, 0.6) is 0 Å². The van der Waals surface area contributed by atoms with Crippen molar-refractivity contribution < 1.29 is 18.0 Å². The third-order valence-electron chi connectivity index (χ3n) is 4.07. The molecule has 5 nitrogen and oxygen atoms in total. The van der Waals surface area contributed by atoms with Crippen molar-refractivity contribution in [2.75, 3.05) is 24.5 Å². The normalized spacial score (nSPS) is 11.3. The molecule has 0 saturated carbocycles. The molecule has 8 heteroatoms. The van der Waals surface area contributed by atoms with E-state index in [0.717, 1.165) is 29.4 Å². The second-order valence-corrected chi connectivity index (χ2v) is 5.97. The molecular formula is C19H22F3N3O2. The third kappa shape index (κ3) is 5.87. The summed E-state index contributed by atoms with van der Waals surface area (Å²) in [7, 11) is 0.